The summed E-state index contributed by atoms with van der Waals surface area (Å²) >= 11 is 0. The van der Waals surface area contributed by atoms with Gasteiger partial charge in [0, 0.05) is 18.8 Å². The number of carbonyl (C=O) groups is 2. The number of allylic oxidation sites excluding steroid dienone is 1. The van der Waals surface area contributed by atoms with E-state index in [9.17, 15) is 27.2 Å². The van der Waals surface area contributed by atoms with Gasteiger partial charge in [0.1, 0.15) is 23.7 Å². The number of benzene rings is 1. The Kier molecular flexibility index (Phi) is 5.35. The third-order valence-corrected chi connectivity index (χ3v) is 3.90. The van der Waals surface area contributed by atoms with E-state index in [2.05, 4.69) is 25.6 Å². The molecule has 0 unspecified atom stereocenters. The normalized spacial score (nSPS) is 13.8. The average Bonchev–Trinajstić information content (AvgIpc) is 3.21. The Morgan fingerprint density at radius 3 is 2.62 bits per heavy atom. The molecule has 8 nitrogen and oxygen atoms in total. The molecule has 12 heteroatoms. The number of imidazole rings is 1. The van der Waals surface area contributed by atoms with Gasteiger partial charge in [0.2, 0.25) is 0 Å². The van der Waals surface area contributed by atoms with Crippen molar-refractivity contribution in [1.29, 1.82) is 0 Å². The molecule has 1 amide bonds. The summed E-state index contributed by atoms with van der Waals surface area (Å²) in [7, 11) is 0.947. The van der Waals surface area contributed by atoms with Crippen LogP contribution in [-0.4, -0.2) is 34.2 Å². The van der Waals surface area contributed by atoms with Crippen molar-refractivity contribution in [3.05, 3.63) is 53.9 Å². The van der Waals surface area contributed by atoms with E-state index >= 15 is 0 Å². The lowest BCUT2D eigenvalue weighted by Gasteiger charge is -2.17. The zero-order valence-corrected chi connectivity index (χ0v) is 14.7. The number of aromatic nitrogens is 2. The van der Waals surface area contributed by atoms with E-state index in [4.69, 9.17) is 0 Å². The average molecular weight is 411 g/mol. The number of esters is 1. The Bertz CT molecular complexity index is 1010. The topological polar surface area (TPSA) is 97.6 Å². The van der Waals surface area contributed by atoms with Gasteiger partial charge in [-0.3, -0.25) is 14.8 Å². The fourth-order valence-corrected chi connectivity index (χ4v) is 2.48. The highest BCUT2D eigenvalue weighted by molar-refractivity contribution is 6.43. The molecule has 152 valence electrons. The van der Waals surface area contributed by atoms with Crippen LogP contribution in [0.1, 0.15) is 22.3 Å². The largest absolute Gasteiger partial charge is 0.465 e. The first-order valence-electron chi connectivity index (χ1n) is 8.02. The second-order valence-electron chi connectivity index (χ2n) is 5.75. The summed E-state index contributed by atoms with van der Waals surface area (Å²) in [5.74, 6) is -3.11. The number of rotatable bonds is 4. The van der Waals surface area contributed by atoms with Gasteiger partial charge in [-0.2, -0.15) is 18.3 Å². The van der Waals surface area contributed by atoms with Gasteiger partial charge in [0.25, 0.3) is 5.91 Å². The van der Waals surface area contributed by atoms with Crippen LogP contribution in [0, 0.1) is 5.82 Å². The van der Waals surface area contributed by atoms with E-state index < -0.39 is 40.7 Å². The summed E-state index contributed by atoms with van der Waals surface area (Å²) in [6.45, 7) is 0. The molecule has 1 aromatic heterocycles. The summed E-state index contributed by atoms with van der Waals surface area (Å²) in [5.41, 5.74) is -0.183. The molecular weight excluding hydrogens is 398 g/mol. The van der Waals surface area contributed by atoms with E-state index in [-0.39, 0.29) is 18.2 Å². The van der Waals surface area contributed by atoms with Crippen molar-refractivity contribution in [3.63, 3.8) is 0 Å². The van der Waals surface area contributed by atoms with Gasteiger partial charge >= 0.3 is 12.1 Å². The highest BCUT2D eigenvalue weighted by Gasteiger charge is 2.36. The molecule has 0 atom stereocenters. The number of alkyl halides is 3. The third-order valence-electron chi connectivity index (χ3n) is 3.90. The number of anilines is 1. The number of nitrogens with one attached hydrogen (secondary N) is 2. The van der Waals surface area contributed by atoms with Crippen molar-refractivity contribution < 1.29 is 31.9 Å². The van der Waals surface area contributed by atoms with Gasteiger partial charge < -0.3 is 10.1 Å². The fraction of sp³-hybridized carbons (Fsp3) is 0.176. The highest BCUT2D eigenvalue weighted by atomic mass is 19.4. The lowest BCUT2D eigenvalue weighted by atomic mass is 10.1. The van der Waals surface area contributed by atoms with Crippen LogP contribution in [-0.2, 0) is 15.7 Å². The maximum Gasteiger partial charge on any atom is 0.419 e. The molecule has 2 heterocycles. The van der Waals surface area contributed by atoms with Gasteiger partial charge in [0.05, 0.1) is 23.9 Å². The van der Waals surface area contributed by atoms with E-state index in [1.165, 1.54) is 6.33 Å². The number of hydrogen-bond donors (Lipinski definition) is 2. The summed E-state index contributed by atoms with van der Waals surface area (Å²) in [6, 6.07) is 0.700. The van der Waals surface area contributed by atoms with Crippen molar-refractivity contribution in [2.75, 3.05) is 12.4 Å². The summed E-state index contributed by atoms with van der Waals surface area (Å²) < 4.78 is 58.7. The number of nitrogens with zero attached hydrogens (tertiary/aromatic N) is 3. The van der Waals surface area contributed by atoms with Gasteiger partial charge in [-0.25, -0.2) is 14.2 Å². The molecule has 3 rings (SSSR count). The molecule has 0 radical (unpaired) electrons. The molecule has 0 saturated heterocycles. The smallest absolute Gasteiger partial charge is 0.419 e. The van der Waals surface area contributed by atoms with Crippen LogP contribution < -0.4 is 10.7 Å². The molecule has 0 spiro atoms. The molecule has 0 bridgehead atoms. The minimum absolute atomic E-state index is 0.0370. The minimum Gasteiger partial charge on any atom is -0.465 e. The van der Waals surface area contributed by atoms with E-state index in [0.29, 0.717) is 11.9 Å². The second-order valence-corrected chi connectivity index (χ2v) is 5.75. The van der Waals surface area contributed by atoms with Crippen LogP contribution in [0.3, 0.4) is 0 Å². The van der Waals surface area contributed by atoms with Crippen molar-refractivity contribution in [1.82, 2.24) is 15.0 Å². The Hall–Kier alpha value is -3.70. The zero-order valence-electron chi connectivity index (χ0n) is 14.7. The van der Waals surface area contributed by atoms with Crippen LogP contribution in [0.2, 0.25) is 0 Å². The van der Waals surface area contributed by atoms with Crippen LogP contribution in [0.5, 0.6) is 0 Å². The first kappa shape index (κ1) is 20.0. The summed E-state index contributed by atoms with van der Waals surface area (Å²) in [5, 5.41) is 6.08. The first-order chi connectivity index (χ1) is 13.7. The maximum absolute atomic E-state index is 13.9. The highest BCUT2D eigenvalue weighted by Crippen LogP contribution is 2.34. The third kappa shape index (κ3) is 4.25. The van der Waals surface area contributed by atoms with Crippen LogP contribution >= 0.6 is 0 Å². The lowest BCUT2D eigenvalue weighted by Crippen LogP contribution is -2.29. The minimum atomic E-state index is -5.03. The number of hydrogen-bond acceptors (Lipinski definition) is 6. The first-order valence-corrected chi connectivity index (χ1v) is 8.02. The van der Waals surface area contributed by atoms with Crippen molar-refractivity contribution in [2.45, 2.75) is 12.6 Å². The summed E-state index contributed by atoms with van der Waals surface area (Å²) in [4.78, 5) is 28.1. The fourth-order valence-electron chi connectivity index (χ4n) is 2.48. The quantitative estimate of drug-likeness (QED) is 0.596. The predicted octanol–water partition coefficient (Wildman–Crippen LogP) is 2.61. The monoisotopic (exact) mass is 411 g/mol. The molecule has 29 heavy (non-hydrogen) atoms. The number of methoxy groups -OCH3 is 1. The molecule has 0 fully saturated rings. The van der Waals surface area contributed by atoms with E-state index in [1.807, 2.05) is 0 Å². The maximum atomic E-state index is 13.9. The van der Waals surface area contributed by atoms with Gasteiger partial charge in [0.15, 0.2) is 0 Å². The van der Waals surface area contributed by atoms with Crippen LogP contribution in [0.25, 0.3) is 5.82 Å². The molecular formula is C17H13F4N5O3. The Balaban J connectivity index is 1.83. The molecule has 1 aliphatic heterocycles. The van der Waals surface area contributed by atoms with Gasteiger partial charge in [-0.05, 0) is 18.2 Å². The van der Waals surface area contributed by atoms with Gasteiger partial charge in [-0.15, -0.1) is 0 Å². The van der Waals surface area contributed by atoms with Crippen molar-refractivity contribution >= 4 is 29.1 Å². The number of hydrazone groups is 1. The predicted molar refractivity (Wildman–Crippen MR) is 93.1 cm³/mol. The zero-order chi connectivity index (χ0) is 21.2. The van der Waals surface area contributed by atoms with E-state index in [0.717, 1.165) is 7.11 Å². The van der Waals surface area contributed by atoms with Crippen LogP contribution in [0.15, 0.2) is 42.0 Å². The van der Waals surface area contributed by atoms with Crippen molar-refractivity contribution in [3.8, 4) is 0 Å². The number of halogens is 4. The summed E-state index contributed by atoms with van der Waals surface area (Å²) in [6.07, 6.45) is 1.37. The Morgan fingerprint density at radius 1 is 1.31 bits per heavy atom. The Labute approximate surface area is 160 Å². The molecule has 2 aromatic rings. The van der Waals surface area contributed by atoms with Gasteiger partial charge in [-0.1, -0.05) is 0 Å². The number of ether oxygens (including phenoxy) is 1. The van der Waals surface area contributed by atoms with Crippen molar-refractivity contribution in [2.24, 2.45) is 5.10 Å². The standard InChI is InChI=1S/C17H13F4N5O3/c1-29-16(28)9-6-10(17(19,20)21)11(18)7-13(9)23-15(27)12-2-3-14(25-24-12)26-5-4-22-8-26/h3-8,25H,2H2,1H3,(H,23,27). The molecule has 2 N–H and O–H groups in total. The molecule has 0 saturated carbocycles. The second kappa shape index (κ2) is 7.73. The molecule has 1 aromatic carbocycles. The molecule has 0 aliphatic carbocycles. The lowest BCUT2D eigenvalue weighted by molar-refractivity contribution is -0.140. The molecule has 1 aliphatic rings. The van der Waals surface area contributed by atoms with E-state index in [1.54, 1.807) is 23.0 Å². The Morgan fingerprint density at radius 2 is 2.07 bits per heavy atom. The number of carbonyl (C=O) groups excluding carboxylic acids is 2. The SMILES string of the molecule is COC(=O)c1cc(C(F)(F)F)c(F)cc1NC(=O)C1=NNC(n2ccnc2)=CC1. The number of amides is 1. The van der Waals surface area contributed by atoms with Crippen LogP contribution in [0.4, 0.5) is 23.2 Å².